The number of aryl methyl sites for hydroxylation is 1. The van der Waals surface area contributed by atoms with E-state index >= 15 is 0 Å². The van der Waals surface area contributed by atoms with Gasteiger partial charge in [-0.3, -0.25) is 4.79 Å². The van der Waals surface area contributed by atoms with Gasteiger partial charge in [0.1, 0.15) is 0 Å². The van der Waals surface area contributed by atoms with Crippen LogP contribution < -0.4 is 5.32 Å². The highest BCUT2D eigenvalue weighted by atomic mass is 35.5. The molecule has 3 nitrogen and oxygen atoms in total. The molecule has 2 aromatic carbocycles. The third-order valence-electron chi connectivity index (χ3n) is 3.46. The predicted octanol–water partition coefficient (Wildman–Crippen LogP) is 4.70. The molecule has 0 aliphatic carbocycles. The number of carbonyl (C=O) groups is 1. The van der Waals surface area contributed by atoms with E-state index in [1.54, 1.807) is 11.3 Å². The Morgan fingerprint density at radius 1 is 1.17 bits per heavy atom. The van der Waals surface area contributed by atoms with Gasteiger partial charge in [0.25, 0.3) is 5.91 Å². The quantitative estimate of drug-likeness (QED) is 0.746. The first-order valence-corrected chi connectivity index (χ1v) is 8.43. The maximum atomic E-state index is 12.2. The van der Waals surface area contributed by atoms with Crippen LogP contribution in [0.3, 0.4) is 0 Å². The number of benzene rings is 2. The third kappa shape index (κ3) is 3.78. The van der Waals surface area contributed by atoms with Crippen molar-refractivity contribution in [2.24, 2.45) is 0 Å². The zero-order valence-corrected chi connectivity index (χ0v) is 14.1. The zero-order valence-electron chi connectivity index (χ0n) is 12.5. The van der Waals surface area contributed by atoms with Crippen LogP contribution in [0.2, 0.25) is 5.02 Å². The Bertz CT molecular complexity index is 827. The molecule has 0 aliphatic heterocycles. The van der Waals surface area contributed by atoms with Crippen molar-refractivity contribution in [3.8, 4) is 11.3 Å². The molecule has 1 N–H and O–H groups in total. The number of halogens is 1. The summed E-state index contributed by atoms with van der Waals surface area (Å²) in [5.41, 5.74) is 3.47. The Morgan fingerprint density at radius 2 is 1.91 bits per heavy atom. The van der Waals surface area contributed by atoms with Crippen molar-refractivity contribution in [1.29, 1.82) is 0 Å². The van der Waals surface area contributed by atoms with Crippen molar-refractivity contribution >= 4 is 28.8 Å². The van der Waals surface area contributed by atoms with E-state index in [1.165, 1.54) is 0 Å². The Morgan fingerprint density at radius 3 is 2.57 bits per heavy atom. The second-order valence-electron chi connectivity index (χ2n) is 5.10. The fraction of sp³-hybridized carbons (Fsp3) is 0.111. The smallest absolute Gasteiger partial charge is 0.251 e. The molecule has 0 aliphatic rings. The molecule has 116 valence electrons. The van der Waals surface area contributed by atoms with Crippen LogP contribution in [0.4, 0.5) is 0 Å². The van der Waals surface area contributed by atoms with Gasteiger partial charge in [-0.25, -0.2) is 4.98 Å². The molecule has 0 unspecified atom stereocenters. The molecule has 0 bridgehead atoms. The van der Waals surface area contributed by atoms with Gasteiger partial charge in [-0.2, -0.15) is 0 Å². The Labute approximate surface area is 144 Å². The van der Waals surface area contributed by atoms with Crippen LogP contribution in [-0.4, -0.2) is 10.9 Å². The van der Waals surface area contributed by atoms with Crippen molar-refractivity contribution in [3.63, 3.8) is 0 Å². The monoisotopic (exact) mass is 342 g/mol. The molecular formula is C18H15ClN2OS. The second kappa shape index (κ2) is 6.94. The minimum absolute atomic E-state index is 0.120. The van der Waals surface area contributed by atoms with Crippen LogP contribution in [-0.2, 0) is 6.54 Å². The largest absolute Gasteiger partial charge is 0.348 e. The number of carbonyl (C=O) groups excluding carboxylic acids is 1. The number of thiazole rings is 1. The Balaban J connectivity index is 1.67. The van der Waals surface area contributed by atoms with Crippen molar-refractivity contribution in [2.75, 3.05) is 0 Å². The maximum absolute atomic E-state index is 12.2. The number of nitrogens with zero attached hydrogens (tertiary/aromatic N) is 1. The summed E-state index contributed by atoms with van der Waals surface area (Å²) in [6.07, 6.45) is 0. The molecule has 0 saturated carbocycles. The van der Waals surface area contributed by atoms with E-state index in [0.717, 1.165) is 21.8 Å². The molecule has 0 fully saturated rings. The number of hydrogen-bond donors (Lipinski definition) is 1. The van der Waals surface area contributed by atoms with E-state index in [0.29, 0.717) is 17.1 Å². The number of rotatable bonds is 4. The standard InChI is InChI=1S/C18H15ClN2OS/c1-12-21-17(11-23-12)13-6-8-14(9-7-13)18(22)20-10-15-4-2-3-5-16(15)19/h2-9,11H,10H2,1H3,(H,20,22). The van der Waals surface area contributed by atoms with E-state index in [4.69, 9.17) is 11.6 Å². The summed E-state index contributed by atoms with van der Waals surface area (Å²) in [5, 5.41) is 6.58. The van der Waals surface area contributed by atoms with Crippen LogP contribution >= 0.6 is 22.9 Å². The maximum Gasteiger partial charge on any atom is 0.251 e. The third-order valence-corrected chi connectivity index (χ3v) is 4.60. The van der Waals surface area contributed by atoms with Gasteiger partial charge in [-0.15, -0.1) is 11.3 Å². The van der Waals surface area contributed by atoms with Gasteiger partial charge in [0, 0.05) is 28.1 Å². The molecule has 0 atom stereocenters. The van der Waals surface area contributed by atoms with Crippen molar-refractivity contribution in [1.82, 2.24) is 10.3 Å². The van der Waals surface area contributed by atoms with Crippen LogP contribution in [0.1, 0.15) is 20.9 Å². The highest BCUT2D eigenvalue weighted by Gasteiger charge is 2.08. The van der Waals surface area contributed by atoms with Gasteiger partial charge in [-0.05, 0) is 30.7 Å². The average Bonchev–Trinajstić information content (AvgIpc) is 3.00. The number of aromatic nitrogens is 1. The summed E-state index contributed by atoms with van der Waals surface area (Å²) >= 11 is 7.70. The lowest BCUT2D eigenvalue weighted by atomic mass is 10.1. The van der Waals surface area contributed by atoms with E-state index in [2.05, 4.69) is 10.3 Å². The zero-order chi connectivity index (χ0) is 16.2. The summed E-state index contributed by atoms with van der Waals surface area (Å²) in [4.78, 5) is 16.7. The molecule has 3 rings (SSSR count). The second-order valence-corrected chi connectivity index (χ2v) is 6.57. The molecule has 0 radical (unpaired) electrons. The number of amides is 1. The van der Waals surface area contributed by atoms with Crippen molar-refractivity contribution < 1.29 is 4.79 Å². The van der Waals surface area contributed by atoms with Gasteiger partial charge >= 0.3 is 0 Å². The van der Waals surface area contributed by atoms with Gasteiger partial charge in [0.15, 0.2) is 0 Å². The minimum Gasteiger partial charge on any atom is -0.348 e. The molecule has 1 amide bonds. The predicted molar refractivity (Wildman–Crippen MR) is 94.9 cm³/mol. The summed E-state index contributed by atoms with van der Waals surface area (Å²) in [7, 11) is 0. The SMILES string of the molecule is Cc1nc(-c2ccc(C(=O)NCc3ccccc3Cl)cc2)cs1. The fourth-order valence-corrected chi connectivity index (χ4v) is 3.03. The lowest BCUT2D eigenvalue weighted by Gasteiger charge is -2.07. The summed E-state index contributed by atoms with van der Waals surface area (Å²) in [5.74, 6) is -0.120. The van der Waals surface area contributed by atoms with Gasteiger partial charge in [0.2, 0.25) is 0 Å². The first kappa shape index (κ1) is 15.7. The number of hydrogen-bond acceptors (Lipinski definition) is 3. The Kier molecular flexibility index (Phi) is 4.74. The van der Waals surface area contributed by atoms with Gasteiger partial charge in [-0.1, -0.05) is 41.9 Å². The molecule has 0 spiro atoms. The van der Waals surface area contributed by atoms with Crippen LogP contribution in [0, 0.1) is 6.92 Å². The highest BCUT2D eigenvalue weighted by molar-refractivity contribution is 7.09. The first-order chi connectivity index (χ1) is 11.1. The van der Waals surface area contributed by atoms with Crippen LogP contribution in [0.25, 0.3) is 11.3 Å². The van der Waals surface area contributed by atoms with Gasteiger partial charge < -0.3 is 5.32 Å². The highest BCUT2D eigenvalue weighted by Crippen LogP contribution is 2.22. The minimum atomic E-state index is -0.120. The first-order valence-electron chi connectivity index (χ1n) is 7.17. The average molecular weight is 343 g/mol. The molecule has 3 aromatic rings. The van der Waals surface area contributed by atoms with E-state index in [1.807, 2.05) is 60.8 Å². The molecular weight excluding hydrogens is 328 g/mol. The normalized spacial score (nSPS) is 10.5. The van der Waals surface area contributed by atoms with Crippen LogP contribution in [0.15, 0.2) is 53.9 Å². The molecule has 1 aromatic heterocycles. The molecule has 23 heavy (non-hydrogen) atoms. The topological polar surface area (TPSA) is 42.0 Å². The van der Waals surface area contributed by atoms with Crippen molar-refractivity contribution in [2.45, 2.75) is 13.5 Å². The van der Waals surface area contributed by atoms with Gasteiger partial charge in [0.05, 0.1) is 10.7 Å². The molecule has 5 heteroatoms. The summed E-state index contributed by atoms with van der Waals surface area (Å²) in [6, 6.07) is 14.9. The lowest BCUT2D eigenvalue weighted by Crippen LogP contribution is -2.22. The molecule has 1 heterocycles. The molecule has 0 saturated heterocycles. The Hall–Kier alpha value is -2.17. The fourth-order valence-electron chi connectivity index (χ4n) is 2.21. The van der Waals surface area contributed by atoms with E-state index in [9.17, 15) is 4.79 Å². The number of nitrogens with one attached hydrogen (secondary N) is 1. The van der Waals surface area contributed by atoms with E-state index in [-0.39, 0.29) is 5.91 Å². The summed E-state index contributed by atoms with van der Waals surface area (Å²) < 4.78 is 0. The summed E-state index contributed by atoms with van der Waals surface area (Å²) in [6.45, 7) is 2.39. The van der Waals surface area contributed by atoms with E-state index < -0.39 is 0 Å². The van der Waals surface area contributed by atoms with Crippen LogP contribution in [0.5, 0.6) is 0 Å². The lowest BCUT2D eigenvalue weighted by molar-refractivity contribution is 0.0951. The van der Waals surface area contributed by atoms with Crippen molar-refractivity contribution in [3.05, 3.63) is 75.1 Å².